The fourth-order valence-corrected chi connectivity index (χ4v) is 2.61. The summed E-state index contributed by atoms with van der Waals surface area (Å²) < 4.78 is 10.6. The third-order valence-electron chi connectivity index (χ3n) is 4.03. The molecular weight excluding hydrogens is 308 g/mol. The van der Waals surface area contributed by atoms with Gasteiger partial charge in [-0.2, -0.15) is 0 Å². The van der Waals surface area contributed by atoms with Crippen LogP contribution in [0.15, 0.2) is 28.7 Å². The number of quaternary nitrogens is 1. The SMILES string of the molecule is CCOC(=O)c1oc2ccccc2c1NC(=O)CC[NH+](CC)CC. The number of amides is 1. The summed E-state index contributed by atoms with van der Waals surface area (Å²) in [5.74, 6) is -0.661. The van der Waals surface area contributed by atoms with E-state index in [1.54, 1.807) is 13.0 Å². The summed E-state index contributed by atoms with van der Waals surface area (Å²) in [6.45, 7) is 8.88. The third-order valence-corrected chi connectivity index (χ3v) is 4.03. The van der Waals surface area contributed by atoms with Gasteiger partial charge in [-0.3, -0.25) is 4.79 Å². The average molecular weight is 333 g/mol. The molecule has 6 heteroatoms. The maximum absolute atomic E-state index is 12.3. The molecule has 2 N–H and O–H groups in total. The number of anilines is 1. The molecule has 0 spiro atoms. The van der Waals surface area contributed by atoms with E-state index in [-0.39, 0.29) is 18.3 Å². The Kier molecular flexibility index (Phi) is 6.37. The van der Waals surface area contributed by atoms with Crippen LogP contribution in [0, 0.1) is 0 Å². The highest BCUT2D eigenvalue weighted by Crippen LogP contribution is 2.31. The highest BCUT2D eigenvalue weighted by atomic mass is 16.5. The normalized spacial score (nSPS) is 11.0. The molecule has 24 heavy (non-hydrogen) atoms. The molecule has 0 bridgehead atoms. The van der Waals surface area contributed by atoms with Crippen molar-refractivity contribution in [2.24, 2.45) is 0 Å². The van der Waals surface area contributed by atoms with E-state index >= 15 is 0 Å². The molecule has 0 atom stereocenters. The van der Waals surface area contributed by atoms with Crippen LogP contribution in [-0.4, -0.2) is 38.1 Å². The van der Waals surface area contributed by atoms with Gasteiger partial charge in [-0.25, -0.2) is 4.79 Å². The zero-order valence-electron chi connectivity index (χ0n) is 14.5. The largest absolute Gasteiger partial charge is 0.460 e. The molecule has 0 aliphatic heterocycles. The van der Waals surface area contributed by atoms with Gasteiger partial charge in [0.2, 0.25) is 11.7 Å². The first-order chi connectivity index (χ1) is 11.6. The van der Waals surface area contributed by atoms with Crippen LogP contribution in [0.25, 0.3) is 11.0 Å². The van der Waals surface area contributed by atoms with Gasteiger partial charge >= 0.3 is 5.97 Å². The van der Waals surface area contributed by atoms with Gasteiger partial charge in [-0.15, -0.1) is 0 Å². The Morgan fingerprint density at radius 3 is 2.54 bits per heavy atom. The molecule has 0 radical (unpaired) electrons. The molecule has 0 fully saturated rings. The molecule has 1 aromatic carbocycles. The van der Waals surface area contributed by atoms with Gasteiger partial charge in [-0.05, 0) is 32.9 Å². The summed E-state index contributed by atoms with van der Waals surface area (Å²) in [7, 11) is 0. The molecule has 0 aliphatic rings. The van der Waals surface area contributed by atoms with Gasteiger partial charge < -0.3 is 19.4 Å². The lowest BCUT2D eigenvalue weighted by Gasteiger charge is -2.14. The van der Waals surface area contributed by atoms with E-state index in [1.165, 1.54) is 4.90 Å². The van der Waals surface area contributed by atoms with Crippen molar-refractivity contribution >= 4 is 28.5 Å². The molecule has 0 saturated heterocycles. The van der Waals surface area contributed by atoms with Crippen LogP contribution in [0.4, 0.5) is 5.69 Å². The lowest BCUT2D eigenvalue weighted by molar-refractivity contribution is -0.895. The molecule has 1 aromatic heterocycles. The number of hydrogen-bond donors (Lipinski definition) is 2. The Balaban J connectivity index is 2.21. The Bertz CT molecular complexity index is 704. The van der Waals surface area contributed by atoms with Crippen molar-refractivity contribution in [3.63, 3.8) is 0 Å². The van der Waals surface area contributed by atoms with E-state index in [0.29, 0.717) is 23.1 Å². The number of benzene rings is 1. The smallest absolute Gasteiger partial charge is 0.376 e. The standard InChI is InChI=1S/C18H24N2O4/c1-4-20(5-2)12-11-15(21)19-16-13-9-7-8-10-14(13)24-17(16)18(22)23-6-3/h7-10H,4-6,11-12H2,1-3H3,(H,19,21)/p+1. The number of hydrogen-bond acceptors (Lipinski definition) is 4. The predicted octanol–water partition coefficient (Wildman–Crippen LogP) is 1.86. The first-order valence-corrected chi connectivity index (χ1v) is 8.42. The number of fused-ring (bicyclic) bond motifs is 1. The Labute approximate surface area is 141 Å². The summed E-state index contributed by atoms with van der Waals surface area (Å²) in [6, 6.07) is 7.22. The van der Waals surface area contributed by atoms with Gasteiger partial charge in [-0.1, -0.05) is 12.1 Å². The van der Waals surface area contributed by atoms with Crippen molar-refractivity contribution in [2.75, 3.05) is 31.6 Å². The number of furan rings is 1. The third kappa shape index (κ3) is 4.14. The van der Waals surface area contributed by atoms with Crippen LogP contribution in [0.1, 0.15) is 37.7 Å². The molecule has 0 unspecified atom stereocenters. The molecule has 6 nitrogen and oxygen atoms in total. The fourth-order valence-electron chi connectivity index (χ4n) is 2.61. The quantitative estimate of drug-likeness (QED) is 0.723. The van der Waals surface area contributed by atoms with E-state index in [9.17, 15) is 9.59 Å². The molecular formula is C18H25N2O4+. The number of para-hydroxylation sites is 1. The number of esters is 1. The first kappa shape index (κ1) is 18.0. The molecule has 1 amide bonds. The highest BCUT2D eigenvalue weighted by Gasteiger charge is 2.23. The monoisotopic (exact) mass is 333 g/mol. The van der Waals surface area contributed by atoms with Gasteiger partial charge in [0.05, 0.1) is 32.7 Å². The van der Waals surface area contributed by atoms with Crippen molar-refractivity contribution in [1.29, 1.82) is 0 Å². The van der Waals surface area contributed by atoms with E-state index in [4.69, 9.17) is 9.15 Å². The Morgan fingerprint density at radius 1 is 1.17 bits per heavy atom. The van der Waals surface area contributed by atoms with Crippen molar-refractivity contribution in [1.82, 2.24) is 0 Å². The second-order valence-corrected chi connectivity index (χ2v) is 5.53. The van der Waals surface area contributed by atoms with Crippen LogP contribution >= 0.6 is 0 Å². The van der Waals surface area contributed by atoms with Crippen LogP contribution in [-0.2, 0) is 9.53 Å². The average Bonchev–Trinajstić information content (AvgIpc) is 2.95. The summed E-state index contributed by atoms with van der Waals surface area (Å²) >= 11 is 0. The summed E-state index contributed by atoms with van der Waals surface area (Å²) in [5, 5.41) is 3.53. The zero-order chi connectivity index (χ0) is 17.5. The lowest BCUT2D eigenvalue weighted by Crippen LogP contribution is -3.11. The van der Waals surface area contributed by atoms with E-state index < -0.39 is 5.97 Å². The van der Waals surface area contributed by atoms with Gasteiger partial charge in [0.15, 0.2) is 0 Å². The van der Waals surface area contributed by atoms with Gasteiger partial charge in [0.1, 0.15) is 11.3 Å². The second kappa shape index (κ2) is 8.49. The Morgan fingerprint density at radius 2 is 1.88 bits per heavy atom. The Hall–Kier alpha value is -2.34. The van der Waals surface area contributed by atoms with Crippen molar-refractivity contribution in [2.45, 2.75) is 27.2 Å². The predicted molar refractivity (Wildman–Crippen MR) is 92.3 cm³/mol. The minimum absolute atomic E-state index is 0.0431. The van der Waals surface area contributed by atoms with E-state index in [2.05, 4.69) is 19.2 Å². The number of ether oxygens (including phenoxy) is 1. The molecule has 2 rings (SSSR count). The van der Waals surface area contributed by atoms with Crippen molar-refractivity contribution in [3.05, 3.63) is 30.0 Å². The number of rotatable bonds is 8. The maximum atomic E-state index is 12.3. The fraction of sp³-hybridized carbons (Fsp3) is 0.444. The molecule has 130 valence electrons. The van der Waals surface area contributed by atoms with Crippen LogP contribution in [0.5, 0.6) is 0 Å². The molecule has 0 aliphatic carbocycles. The first-order valence-electron chi connectivity index (χ1n) is 8.42. The topological polar surface area (TPSA) is 73.0 Å². The van der Waals surface area contributed by atoms with E-state index in [0.717, 1.165) is 19.6 Å². The second-order valence-electron chi connectivity index (χ2n) is 5.53. The maximum Gasteiger partial charge on any atom is 0.376 e. The molecule has 1 heterocycles. The zero-order valence-corrected chi connectivity index (χ0v) is 14.5. The van der Waals surface area contributed by atoms with Crippen molar-refractivity contribution < 1.29 is 23.6 Å². The molecule has 2 aromatic rings. The van der Waals surface area contributed by atoms with Gasteiger partial charge in [0, 0.05) is 5.39 Å². The summed E-state index contributed by atoms with van der Waals surface area (Å²) in [6.07, 6.45) is 0.388. The summed E-state index contributed by atoms with van der Waals surface area (Å²) in [4.78, 5) is 25.8. The lowest BCUT2D eigenvalue weighted by atomic mass is 10.2. The van der Waals surface area contributed by atoms with Gasteiger partial charge in [0.25, 0.3) is 0 Å². The minimum atomic E-state index is -0.571. The number of carbonyl (C=O) groups excluding carboxylic acids is 2. The van der Waals surface area contributed by atoms with Crippen LogP contribution in [0.2, 0.25) is 0 Å². The van der Waals surface area contributed by atoms with Crippen molar-refractivity contribution in [3.8, 4) is 0 Å². The summed E-state index contributed by atoms with van der Waals surface area (Å²) in [5.41, 5.74) is 0.939. The van der Waals surface area contributed by atoms with Crippen LogP contribution < -0.4 is 10.2 Å². The number of nitrogens with one attached hydrogen (secondary N) is 2. The van der Waals surface area contributed by atoms with Crippen LogP contribution in [0.3, 0.4) is 0 Å². The molecule has 0 saturated carbocycles. The van der Waals surface area contributed by atoms with E-state index in [1.807, 2.05) is 18.2 Å². The number of carbonyl (C=O) groups is 2. The highest BCUT2D eigenvalue weighted by molar-refractivity contribution is 6.09. The minimum Gasteiger partial charge on any atom is -0.460 e.